The predicted octanol–water partition coefficient (Wildman–Crippen LogP) is 2.36. The molecule has 0 N–H and O–H groups in total. The molecule has 1 aliphatic rings. The first kappa shape index (κ1) is 16.1. The van der Waals surface area contributed by atoms with Crippen LogP contribution >= 0.6 is 11.3 Å². The molecule has 0 aromatic carbocycles. The van der Waals surface area contributed by atoms with Gasteiger partial charge in [-0.1, -0.05) is 6.07 Å². The summed E-state index contributed by atoms with van der Waals surface area (Å²) in [6, 6.07) is 7.85. The standard InChI is InChI=1S/C18H20N4O2S/c1-24-15-5-11-25-17(15)18(23)21-9-7-20(8-10-21)12-14-13-22-6-3-2-4-16(22)19-14/h2-6,11,13H,7-10,12H2,1H3. The van der Waals surface area contributed by atoms with E-state index in [2.05, 4.69) is 16.1 Å². The summed E-state index contributed by atoms with van der Waals surface area (Å²) in [4.78, 5) is 22.2. The number of carbonyl (C=O) groups excluding carboxylic acids is 1. The molecule has 0 spiro atoms. The van der Waals surface area contributed by atoms with Crippen molar-refractivity contribution in [2.75, 3.05) is 33.3 Å². The zero-order chi connectivity index (χ0) is 17.2. The molecule has 1 aliphatic heterocycles. The Bertz CT molecular complexity index is 847. The van der Waals surface area contributed by atoms with Crippen LogP contribution in [0.25, 0.3) is 5.65 Å². The van der Waals surface area contributed by atoms with Gasteiger partial charge in [0.05, 0.1) is 12.8 Å². The molecule has 3 aromatic rings. The highest BCUT2D eigenvalue weighted by molar-refractivity contribution is 7.12. The Balaban J connectivity index is 1.37. The van der Waals surface area contributed by atoms with E-state index < -0.39 is 0 Å². The van der Waals surface area contributed by atoms with E-state index in [1.807, 2.05) is 45.1 Å². The molecule has 0 bridgehead atoms. The van der Waals surface area contributed by atoms with Crippen LogP contribution in [0.5, 0.6) is 5.75 Å². The van der Waals surface area contributed by atoms with E-state index in [0.717, 1.165) is 44.1 Å². The van der Waals surface area contributed by atoms with Gasteiger partial charge in [0.2, 0.25) is 0 Å². The largest absolute Gasteiger partial charge is 0.495 e. The monoisotopic (exact) mass is 356 g/mol. The molecule has 4 heterocycles. The summed E-state index contributed by atoms with van der Waals surface area (Å²) >= 11 is 1.44. The van der Waals surface area contributed by atoms with Crippen molar-refractivity contribution in [3.63, 3.8) is 0 Å². The van der Waals surface area contributed by atoms with E-state index >= 15 is 0 Å². The van der Waals surface area contributed by atoms with Crippen molar-refractivity contribution in [1.29, 1.82) is 0 Å². The normalized spacial score (nSPS) is 15.6. The Kier molecular flexibility index (Phi) is 4.42. The fourth-order valence-corrected chi connectivity index (χ4v) is 3.98. The molecule has 7 heteroatoms. The summed E-state index contributed by atoms with van der Waals surface area (Å²) in [6.45, 7) is 3.98. The molecule has 0 unspecified atom stereocenters. The Hall–Kier alpha value is -2.38. The number of aromatic nitrogens is 2. The molecule has 25 heavy (non-hydrogen) atoms. The van der Waals surface area contributed by atoms with Crippen LogP contribution in [0.1, 0.15) is 15.4 Å². The maximum Gasteiger partial charge on any atom is 0.267 e. The molecular weight excluding hydrogens is 336 g/mol. The molecule has 130 valence electrons. The third-order valence-electron chi connectivity index (χ3n) is 4.50. The molecule has 1 saturated heterocycles. The van der Waals surface area contributed by atoms with Gasteiger partial charge in [0.1, 0.15) is 16.3 Å². The number of thiophene rings is 1. The topological polar surface area (TPSA) is 50.1 Å². The van der Waals surface area contributed by atoms with E-state index in [9.17, 15) is 4.79 Å². The molecular formula is C18H20N4O2S. The first-order valence-corrected chi connectivity index (χ1v) is 9.18. The number of hydrogen-bond acceptors (Lipinski definition) is 5. The first-order valence-electron chi connectivity index (χ1n) is 8.30. The summed E-state index contributed by atoms with van der Waals surface area (Å²) in [6.07, 6.45) is 4.08. The van der Waals surface area contributed by atoms with Crippen LogP contribution in [0.4, 0.5) is 0 Å². The number of rotatable bonds is 4. The van der Waals surface area contributed by atoms with Gasteiger partial charge in [-0.25, -0.2) is 4.98 Å². The maximum atomic E-state index is 12.6. The van der Waals surface area contributed by atoms with E-state index in [0.29, 0.717) is 10.6 Å². The van der Waals surface area contributed by atoms with E-state index in [1.165, 1.54) is 11.3 Å². The van der Waals surface area contributed by atoms with Crippen LogP contribution in [-0.4, -0.2) is 58.4 Å². The van der Waals surface area contributed by atoms with Crippen molar-refractivity contribution in [3.8, 4) is 5.75 Å². The second kappa shape index (κ2) is 6.85. The number of piperazine rings is 1. The minimum Gasteiger partial charge on any atom is -0.495 e. The second-order valence-corrected chi connectivity index (χ2v) is 7.00. The maximum absolute atomic E-state index is 12.6. The van der Waals surface area contributed by atoms with Gasteiger partial charge in [0.15, 0.2) is 0 Å². The number of hydrogen-bond donors (Lipinski definition) is 0. The molecule has 6 nitrogen and oxygen atoms in total. The Morgan fingerprint density at radius 1 is 1.24 bits per heavy atom. The summed E-state index contributed by atoms with van der Waals surface area (Å²) < 4.78 is 7.31. The van der Waals surface area contributed by atoms with E-state index in [-0.39, 0.29) is 5.91 Å². The molecule has 0 atom stereocenters. The van der Waals surface area contributed by atoms with Crippen LogP contribution in [-0.2, 0) is 6.54 Å². The fraction of sp³-hybridized carbons (Fsp3) is 0.333. The van der Waals surface area contributed by atoms with Crippen molar-refractivity contribution in [2.24, 2.45) is 0 Å². The van der Waals surface area contributed by atoms with Crippen molar-refractivity contribution in [1.82, 2.24) is 19.2 Å². The lowest BCUT2D eigenvalue weighted by Gasteiger charge is -2.34. The molecule has 3 aromatic heterocycles. The average molecular weight is 356 g/mol. The third kappa shape index (κ3) is 3.25. The van der Waals surface area contributed by atoms with Gasteiger partial charge in [-0.15, -0.1) is 11.3 Å². The van der Waals surface area contributed by atoms with Gasteiger partial charge >= 0.3 is 0 Å². The van der Waals surface area contributed by atoms with E-state index in [1.54, 1.807) is 7.11 Å². The lowest BCUT2D eigenvalue weighted by atomic mass is 10.2. The Labute approximate surface area is 150 Å². The lowest BCUT2D eigenvalue weighted by molar-refractivity contribution is 0.0629. The van der Waals surface area contributed by atoms with Gasteiger partial charge < -0.3 is 14.0 Å². The Morgan fingerprint density at radius 2 is 2.08 bits per heavy atom. The zero-order valence-corrected chi connectivity index (χ0v) is 14.9. The number of carbonyl (C=O) groups is 1. The highest BCUT2D eigenvalue weighted by atomic mass is 32.1. The molecule has 1 fully saturated rings. The van der Waals surface area contributed by atoms with Gasteiger partial charge in [0, 0.05) is 45.1 Å². The summed E-state index contributed by atoms with van der Waals surface area (Å²) in [5, 5.41) is 1.89. The van der Waals surface area contributed by atoms with Gasteiger partial charge in [-0.2, -0.15) is 0 Å². The SMILES string of the molecule is COc1ccsc1C(=O)N1CCN(Cc2cn3ccccc3n2)CC1. The number of nitrogens with zero attached hydrogens (tertiary/aromatic N) is 4. The van der Waals surface area contributed by atoms with Gasteiger partial charge in [-0.05, 0) is 23.6 Å². The van der Waals surface area contributed by atoms with Crippen molar-refractivity contribution in [3.05, 3.63) is 52.6 Å². The summed E-state index contributed by atoms with van der Waals surface area (Å²) in [7, 11) is 1.60. The molecule has 4 rings (SSSR count). The number of fused-ring (bicyclic) bond motifs is 1. The van der Waals surface area contributed by atoms with Crippen LogP contribution in [0, 0.1) is 0 Å². The highest BCUT2D eigenvalue weighted by Gasteiger charge is 2.25. The van der Waals surface area contributed by atoms with Crippen LogP contribution in [0.3, 0.4) is 0 Å². The molecule has 0 saturated carbocycles. The van der Waals surface area contributed by atoms with Crippen molar-refractivity contribution < 1.29 is 9.53 Å². The number of ether oxygens (including phenoxy) is 1. The molecule has 0 aliphatic carbocycles. The summed E-state index contributed by atoms with van der Waals surface area (Å²) in [5.41, 5.74) is 2.03. The third-order valence-corrected chi connectivity index (χ3v) is 5.39. The molecule has 1 amide bonds. The van der Waals surface area contributed by atoms with Crippen molar-refractivity contribution in [2.45, 2.75) is 6.54 Å². The first-order chi connectivity index (χ1) is 12.2. The minimum absolute atomic E-state index is 0.0687. The molecule has 0 radical (unpaired) electrons. The number of pyridine rings is 1. The zero-order valence-electron chi connectivity index (χ0n) is 14.1. The number of methoxy groups -OCH3 is 1. The number of imidazole rings is 1. The average Bonchev–Trinajstić information content (AvgIpc) is 3.27. The predicted molar refractivity (Wildman–Crippen MR) is 97.2 cm³/mol. The van der Waals surface area contributed by atoms with Crippen LogP contribution < -0.4 is 4.74 Å². The highest BCUT2D eigenvalue weighted by Crippen LogP contribution is 2.26. The quantitative estimate of drug-likeness (QED) is 0.720. The van der Waals surface area contributed by atoms with Crippen molar-refractivity contribution >= 4 is 22.9 Å². The van der Waals surface area contributed by atoms with Gasteiger partial charge in [-0.3, -0.25) is 9.69 Å². The van der Waals surface area contributed by atoms with Gasteiger partial charge in [0.25, 0.3) is 5.91 Å². The Morgan fingerprint density at radius 3 is 2.84 bits per heavy atom. The smallest absolute Gasteiger partial charge is 0.267 e. The minimum atomic E-state index is 0.0687. The lowest BCUT2D eigenvalue weighted by Crippen LogP contribution is -2.48. The van der Waals surface area contributed by atoms with Crippen LogP contribution in [0.2, 0.25) is 0 Å². The van der Waals surface area contributed by atoms with E-state index in [4.69, 9.17) is 4.74 Å². The number of amides is 1. The fourth-order valence-electron chi connectivity index (χ4n) is 3.16. The van der Waals surface area contributed by atoms with Crippen LogP contribution in [0.15, 0.2) is 42.0 Å². The summed E-state index contributed by atoms with van der Waals surface area (Å²) in [5.74, 6) is 0.737. The second-order valence-electron chi connectivity index (χ2n) is 6.08.